The number of nitrogen functional groups attached to an aromatic ring is 1. The van der Waals surface area contributed by atoms with Crippen LogP contribution in [0.4, 0.5) is 11.5 Å². The zero-order valence-electron chi connectivity index (χ0n) is 18.0. The van der Waals surface area contributed by atoms with E-state index < -0.39 is 20.8 Å². The number of hydrogen-bond donors (Lipinski definition) is 3. The second-order valence-corrected chi connectivity index (χ2v) is 9.99. The van der Waals surface area contributed by atoms with Crippen LogP contribution in [0.2, 0.25) is 0 Å². The maximum Gasteiger partial charge on any atom is 0.275 e. The van der Waals surface area contributed by atoms with E-state index >= 15 is 0 Å². The average Bonchev–Trinajstić information content (AvgIpc) is 2.77. The Labute approximate surface area is 196 Å². The molecule has 11 heteroatoms. The molecule has 0 saturated carbocycles. The third-order valence-electron chi connectivity index (χ3n) is 4.85. The number of primary sulfonamides is 1. The molecule has 0 radical (unpaired) electrons. The molecule has 1 unspecified atom stereocenters. The quantitative estimate of drug-likeness (QED) is 0.309. The molecule has 1 aromatic heterocycles. The van der Waals surface area contributed by atoms with E-state index in [1.807, 2.05) is 37.3 Å². The molecule has 174 valence electrons. The lowest BCUT2D eigenvalue weighted by Crippen LogP contribution is -2.27. The lowest BCUT2D eigenvalue weighted by Gasteiger charge is -2.19. The molecule has 0 aliphatic rings. The van der Waals surface area contributed by atoms with Crippen molar-refractivity contribution >= 4 is 39.2 Å². The highest BCUT2D eigenvalue weighted by Gasteiger charge is 2.22. The molecule has 0 spiro atoms. The minimum atomic E-state index is -3.82. The molecule has 5 N–H and O–H groups in total. The number of amides is 1. The van der Waals surface area contributed by atoms with Gasteiger partial charge in [-0.2, -0.15) is 4.98 Å². The number of carbonyl (C=O) groups is 1. The number of nitrogens with zero attached hydrogens (tertiary/aromatic N) is 2. The zero-order valence-corrected chi connectivity index (χ0v) is 19.6. The van der Waals surface area contributed by atoms with Crippen LogP contribution in [0.3, 0.4) is 0 Å². The number of nitrogens with two attached hydrogens (primary N) is 2. The Morgan fingerprint density at radius 2 is 1.82 bits per heavy atom. The molecule has 0 aliphatic heterocycles. The second kappa shape index (κ2) is 10.6. The van der Waals surface area contributed by atoms with Crippen LogP contribution in [0.5, 0.6) is 0 Å². The first-order chi connectivity index (χ1) is 15.7. The standard InChI is InChI=1S/C22H25N5O4S2/c1-2-18(21(29)25-16-8-10-17(11-9-16)33(24,30)31)32-22-26-20(28)14-19(23)27(22)13-12-15-6-4-3-5-7-15/h3-11,14,18H,2,12-13,23H2,1H3,(H,25,29)(H2,24,30,31). The smallest absolute Gasteiger partial charge is 0.275 e. The Morgan fingerprint density at radius 1 is 1.15 bits per heavy atom. The maximum atomic E-state index is 12.9. The summed E-state index contributed by atoms with van der Waals surface area (Å²) < 4.78 is 24.5. The van der Waals surface area contributed by atoms with Crippen molar-refractivity contribution in [1.82, 2.24) is 9.55 Å². The molecule has 1 heterocycles. The van der Waals surface area contributed by atoms with Crippen molar-refractivity contribution in [2.75, 3.05) is 11.1 Å². The summed E-state index contributed by atoms with van der Waals surface area (Å²) in [7, 11) is -3.82. The van der Waals surface area contributed by atoms with Gasteiger partial charge >= 0.3 is 0 Å². The van der Waals surface area contributed by atoms with Crippen molar-refractivity contribution in [1.29, 1.82) is 0 Å². The van der Waals surface area contributed by atoms with E-state index in [9.17, 15) is 18.0 Å². The van der Waals surface area contributed by atoms with E-state index in [0.717, 1.165) is 17.3 Å². The Morgan fingerprint density at radius 3 is 2.42 bits per heavy atom. The van der Waals surface area contributed by atoms with E-state index in [2.05, 4.69) is 10.3 Å². The lowest BCUT2D eigenvalue weighted by molar-refractivity contribution is -0.115. The van der Waals surface area contributed by atoms with Gasteiger partial charge in [0, 0.05) is 18.3 Å². The number of aromatic nitrogens is 2. The molecule has 3 rings (SSSR count). The number of anilines is 2. The number of thioether (sulfide) groups is 1. The van der Waals surface area contributed by atoms with Gasteiger partial charge in [0.05, 0.1) is 10.1 Å². The number of benzene rings is 2. The summed E-state index contributed by atoms with van der Waals surface area (Å²) in [5.74, 6) is -0.0283. The van der Waals surface area contributed by atoms with Crippen molar-refractivity contribution in [3.8, 4) is 0 Å². The SMILES string of the molecule is CCC(Sc1nc(=O)cc(N)n1CCc1ccccc1)C(=O)Nc1ccc(S(N)(=O)=O)cc1. The topological polar surface area (TPSA) is 150 Å². The highest BCUT2D eigenvalue weighted by Crippen LogP contribution is 2.26. The van der Waals surface area contributed by atoms with Crippen molar-refractivity contribution in [2.45, 2.75) is 41.6 Å². The molecule has 1 amide bonds. The highest BCUT2D eigenvalue weighted by molar-refractivity contribution is 8.00. The lowest BCUT2D eigenvalue weighted by atomic mass is 10.1. The van der Waals surface area contributed by atoms with Crippen molar-refractivity contribution in [3.05, 3.63) is 76.6 Å². The van der Waals surface area contributed by atoms with Gasteiger partial charge in [0.1, 0.15) is 5.82 Å². The normalized spacial score (nSPS) is 12.3. The van der Waals surface area contributed by atoms with Gasteiger partial charge < -0.3 is 15.6 Å². The van der Waals surface area contributed by atoms with Crippen LogP contribution in [0.15, 0.2) is 75.5 Å². The van der Waals surface area contributed by atoms with Crippen LogP contribution in [0, 0.1) is 0 Å². The van der Waals surface area contributed by atoms with Crippen LogP contribution < -0.4 is 21.7 Å². The van der Waals surface area contributed by atoms with Crippen LogP contribution in [0.25, 0.3) is 0 Å². The highest BCUT2D eigenvalue weighted by atomic mass is 32.2. The minimum absolute atomic E-state index is 0.0479. The summed E-state index contributed by atoms with van der Waals surface area (Å²) in [5.41, 5.74) is 7.16. The number of nitrogens with one attached hydrogen (secondary N) is 1. The number of carbonyl (C=O) groups excluding carboxylic acids is 1. The molecular weight excluding hydrogens is 462 g/mol. The molecule has 9 nitrogen and oxygen atoms in total. The third-order valence-corrected chi connectivity index (χ3v) is 7.13. The summed E-state index contributed by atoms with van der Waals surface area (Å²) in [4.78, 5) is 28.9. The molecule has 3 aromatic rings. The number of hydrogen-bond acceptors (Lipinski definition) is 7. The Bertz CT molecular complexity index is 1280. The number of sulfonamides is 1. The van der Waals surface area contributed by atoms with E-state index in [4.69, 9.17) is 10.9 Å². The van der Waals surface area contributed by atoms with Gasteiger partial charge in [-0.25, -0.2) is 13.6 Å². The van der Waals surface area contributed by atoms with E-state index in [-0.39, 0.29) is 16.6 Å². The molecule has 0 fully saturated rings. The van der Waals surface area contributed by atoms with Crippen molar-refractivity contribution in [2.24, 2.45) is 5.14 Å². The van der Waals surface area contributed by atoms with Gasteiger partial charge in [0.25, 0.3) is 5.56 Å². The second-order valence-electron chi connectivity index (χ2n) is 7.26. The molecular formula is C22H25N5O4S2. The number of rotatable bonds is 9. The fourth-order valence-electron chi connectivity index (χ4n) is 3.10. The molecule has 0 saturated heterocycles. The molecule has 0 aliphatic carbocycles. The minimum Gasteiger partial charge on any atom is -0.385 e. The van der Waals surface area contributed by atoms with E-state index in [0.29, 0.717) is 30.2 Å². The predicted octanol–water partition coefficient (Wildman–Crippen LogP) is 2.22. The summed E-state index contributed by atoms with van der Waals surface area (Å²) in [6, 6.07) is 16.7. The van der Waals surface area contributed by atoms with Gasteiger partial charge in [0.15, 0.2) is 5.16 Å². The maximum absolute atomic E-state index is 12.9. The van der Waals surface area contributed by atoms with Crippen LogP contribution in [-0.4, -0.2) is 29.1 Å². The Balaban J connectivity index is 1.77. The number of aryl methyl sites for hydroxylation is 1. The first-order valence-corrected chi connectivity index (χ1v) is 12.6. The summed E-state index contributed by atoms with van der Waals surface area (Å²) >= 11 is 1.16. The molecule has 2 aromatic carbocycles. The fourth-order valence-corrected chi connectivity index (χ4v) is 4.67. The summed E-state index contributed by atoms with van der Waals surface area (Å²) in [5, 5.41) is 7.66. The average molecular weight is 488 g/mol. The van der Waals surface area contributed by atoms with Gasteiger partial charge in [0.2, 0.25) is 15.9 Å². The van der Waals surface area contributed by atoms with Gasteiger partial charge in [-0.05, 0) is 42.7 Å². The summed E-state index contributed by atoms with van der Waals surface area (Å²) in [6.07, 6.45) is 1.15. The van der Waals surface area contributed by atoms with Crippen molar-refractivity contribution < 1.29 is 13.2 Å². The first kappa shape index (κ1) is 24.5. The first-order valence-electron chi connectivity index (χ1n) is 10.2. The van der Waals surface area contributed by atoms with E-state index in [1.54, 1.807) is 4.57 Å². The Kier molecular flexibility index (Phi) is 7.90. The van der Waals surface area contributed by atoms with Gasteiger partial charge in [-0.3, -0.25) is 9.59 Å². The van der Waals surface area contributed by atoms with Crippen molar-refractivity contribution in [3.63, 3.8) is 0 Å². The van der Waals surface area contributed by atoms with Gasteiger partial charge in [-0.1, -0.05) is 49.0 Å². The van der Waals surface area contributed by atoms with E-state index in [1.165, 1.54) is 30.3 Å². The predicted molar refractivity (Wildman–Crippen MR) is 129 cm³/mol. The summed E-state index contributed by atoms with van der Waals surface area (Å²) in [6.45, 7) is 2.35. The molecule has 1 atom stereocenters. The Hall–Kier alpha value is -3.15. The van der Waals surface area contributed by atoms with Crippen LogP contribution >= 0.6 is 11.8 Å². The molecule has 33 heavy (non-hydrogen) atoms. The largest absolute Gasteiger partial charge is 0.385 e. The fraction of sp³-hybridized carbons (Fsp3) is 0.227. The van der Waals surface area contributed by atoms with Crippen LogP contribution in [-0.2, 0) is 27.8 Å². The molecule has 0 bridgehead atoms. The monoisotopic (exact) mass is 487 g/mol. The third kappa shape index (κ3) is 6.67. The van der Waals surface area contributed by atoms with Crippen LogP contribution in [0.1, 0.15) is 18.9 Å². The zero-order chi connectivity index (χ0) is 24.0. The van der Waals surface area contributed by atoms with Gasteiger partial charge in [-0.15, -0.1) is 0 Å².